The number of benzene rings is 2. The van der Waals surface area contributed by atoms with Crippen LogP contribution in [0.25, 0.3) is 6.08 Å². The normalized spacial score (nSPS) is 10.6. The third kappa shape index (κ3) is 6.58. The maximum Gasteiger partial charge on any atom is 0.248 e. The van der Waals surface area contributed by atoms with Gasteiger partial charge in [0.25, 0.3) is 0 Å². The predicted molar refractivity (Wildman–Crippen MR) is 112 cm³/mol. The second-order valence-corrected chi connectivity index (χ2v) is 6.35. The van der Waals surface area contributed by atoms with E-state index in [1.165, 1.54) is 18.9 Å². The number of methoxy groups -OCH3 is 1. The molecule has 0 radical (unpaired) electrons. The van der Waals surface area contributed by atoms with Crippen LogP contribution in [0, 0.1) is 0 Å². The molecule has 5 heteroatoms. The van der Waals surface area contributed by atoms with Crippen LogP contribution in [-0.4, -0.2) is 25.9 Å². The van der Waals surface area contributed by atoms with Crippen LogP contribution in [0.5, 0.6) is 11.5 Å². The lowest BCUT2D eigenvalue weighted by Gasteiger charge is -2.11. The molecule has 2 aromatic rings. The highest BCUT2D eigenvalue weighted by Crippen LogP contribution is 2.29. The first-order valence-electron chi connectivity index (χ1n) is 9.52. The molecule has 2 aromatic carbocycles. The van der Waals surface area contributed by atoms with Gasteiger partial charge in [-0.2, -0.15) is 0 Å². The van der Waals surface area contributed by atoms with Crippen LogP contribution in [-0.2, 0) is 4.79 Å². The Hall–Kier alpha value is -3.08. The lowest BCUT2D eigenvalue weighted by atomic mass is 10.1. The van der Waals surface area contributed by atoms with Gasteiger partial charge in [-0.3, -0.25) is 9.59 Å². The summed E-state index contributed by atoms with van der Waals surface area (Å²) in [5, 5.41) is 2.71. The number of unbranched alkanes of at least 4 members (excludes halogenated alkanes) is 3. The van der Waals surface area contributed by atoms with Crippen LogP contribution in [0.2, 0.25) is 0 Å². The fourth-order valence-corrected chi connectivity index (χ4v) is 2.68. The molecule has 1 N–H and O–H groups in total. The van der Waals surface area contributed by atoms with Gasteiger partial charge in [-0.25, -0.2) is 0 Å². The molecular formula is C23H27NO4. The van der Waals surface area contributed by atoms with E-state index in [9.17, 15) is 9.59 Å². The van der Waals surface area contributed by atoms with E-state index in [-0.39, 0.29) is 5.91 Å². The Bertz CT molecular complexity index is 814. The molecule has 0 aliphatic heterocycles. The van der Waals surface area contributed by atoms with E-state index >= 15 is 0 Å². The molecule has 0 saturated carbocycles. The van der Waals surface area contributed by atoms with E-state index in [0.29, 0.717) is 35.6 Å². The Balaban J connectivity index is 2.01. The predicted octanol–water partition coefficient (Wildman–Crippen LogP) is 5.12. The zero-order chi connectivity index (χ0) is 20.2. The van der Waals surface area contributed by atoms with Crippen LogP contribution in [0.15, 0.2) is 48.5 Å². The molecule has 0 saturated heterocycles. The Morgan fingerprint density at radius 3 is 2.64 bits per heavy atom. The van der Waals surface area contributed by atoms with Crippen LogP contribution in [0.1, 0.15) is 48.5 Å². The molecule has 28 heavy (non-hydrogen) atoms. The zero-order valence-electron chi connectivity index (χ0n) is 16.4. The van der Waals surface area contributed by atoms with Gasteiger partial charge in [0.1, 0.15) is 0 Å². The second-order valence-electron chi connectivity index (χ2n) is 6.35. The topological polar surface area (TPSA) is 64.6 Å². The molecule has 2 rings (SSSR count). The Morgan fingerprint density at radius 2 is 1.89 bits per heavy atom. The summed E-state index contributed by atoms with van der Waals surface area (Å²) in [6, 6.07) is 12.4. The molecule has 148 valence electrons. The van der Waals surface area contributed by atoms with Gasteiger partial charge in [0, 0.05) is 11.6 Å². The van der Waals surface area contributed by atoms with Crippen LogP contribution >= 0.6 is 0 Å². The maximum atomic E-state index is 12.2. The number of carbonyl (C=O) groups is 2. The Kier molecular flexibility index (Phi) is 8.79. The first kappa shape index (κ1) is 21.2. The smallest absolute Gasteiger partial charge is 0.248 e. The minimum absolute atomic E-state index is 0.313. The number of hydrogen-bond donors (Lipinski definition) is 1. The summed E-state index contributed by atoms with van der Waals surface area (Å²) in [5.74, 6) is 1.01. The SMILES string of the molecule is CCCCCCOc1cc(/C=C/C(=O)Nc2ccccc2C=O)ccc1OC. The third-order valence-corrected chi connectivity index (χ3v) is 4.22. The first-order chi connectivity index (χ1) is 13.7. The molecule has 1 amide bonds. The summed E-state index contributed by atoms with van der Waals surface area (Å²) < 4.78 is 11.2. The van der Waals surface area contributed by atoms with Crippen LogP contribution in [0.4, 0.5) is 5.69 Å². The van der Waals surface area contributed by atoms with Crippen LogP contribution < -0.4 is 14.8 Å². The largest absolute Gasteiger partial charge is 0.493 e. The number of ether oxygens (including phenoxy) is 2. The molecule has 0 fully saturated rings. The summed E-state index contributed by atoms with van der Waals surface area (Å²) in [6.45, 7) is 2.81. The highest BCUT2D eigenvalue weighted by molar-refractivity contribution is 6.04. The summed E-state index contributed by atoms with van der Waals surface area (Å²) in [6.07, 6.45) is 8.36. The van der Waals surface area contributed by atoms with E-state index in [4.69, 9.17) is 9.47 Å². The number of aldehydes is 1. The number of para-hydroxylation sites is 1. The standard InChI is InChI=1S/C23H27NO4/c1-3-4-5-8-15-28-22-16-18(11-13-21(22)27-2)12-14-23(26)24-20-10-7-6-9-19(20)17-25/h6-7,9-14,16-17H,3-5,8,15H2,1-2H3,(H,24,26)/b14-12+. The van der Waals surface area contributed by atoms with Crippen LogP contribution in [0.3, 0.4) is 0 Å². The van der Waals surface area contributed by atoms with E-state index < -0.39 is 0 Å². The third-order valence-electron chi connectivity index (χ3n) is 4.22. The van der Waals surface area contributed by atoms with Gasteiger partial charge in [-0.15, -0.1) is 0 Å². The Morgan fingerprint density at radius 1 is 1.07 bits per heavy atom. The van der Waals surface area contributed by atoms with Gasteiger partial charge in [0.15, 0.2) is 17.8 Å². The quantitative estimate of drug-likeness (QED) is 0.333. The first-order valence-corrected chi connectivity index (χ1v) is 9.52. The number of carbonyl (C=O) groups excluding carboxylic acids is 2. The highest BCUT2D eigenvalue weighted by Gasteiger charge is 2.06. The summed E-state index contributed by atoms with van der Waals surface area (Å²) >= 11 is 0. The van der Waals surface area contributed by atoms with Crippen molar-refractivity contribution in [1.29, 1.82) is 0 Å². The van der Waals surface area contributed by atoms with Crippen molar-refractivity contribution in [3.63, 3.8) is 0 Å². The molecule has 0 heterocycles. The average Bonchev–Trinajstić information content (AvgIpc) is 2.72. The van der Waals surface area contributed by atoms with Crippen molar-refractivity contribution in [3.05, 3.63) is 59.7 Å². The zero-order valence-corrected chi connectivity index (χ0v) is 16.4. The van der Waals surface area contributed by atoms with Gasteiger partial charge in [-0.05, 0) is 42.3 Å². The minimum Gasteiger partial charge on any atom is -0.493 e. The van der Waals surface area contributed by atoms with E-state index in [1.54, 1.807) is 37.5 Å². The monoisotopic (exact) mass is 381 g/mol. The van der Waals surface area contributed by atoms with Crippen molar-refractivity contribution < 1.29 is 19.1 Å². The van der Waals surface area contributed by atoms with Gasteiger partial charge >= 0.3 is 0 Å². The van der Waals surface area contributed by atoms with Gasteiger partial charge in [0.2, 0.25) is 5.91 Å². The van der Waals surface area contributed by atoms with Gasteiger partial charge in [0.05, 0.1) is 19.4 Å². The fraction of sp³-hybridized carbons (Fsp3) is 0.304. The fourth-order valence-electron chi connectivity index (χ4n) is 2.68. The van der Waals surface area contributed by atoms with Crippen molar-refractivity contribution in [3.8, 4) is 11.5 Å². The number of anilines is 1. The highest BCUT2D eigenvalue weighted by atomic mass is 16.5. The minimum atomic E-state index is -0.313. The molecule has 0 unspecified atom stereocenters. The van der Waals surface area contributed by atoms with Crippen molar-refractivity contribution >= 4 is 24.0 Å². The molecule has 0 bridgehead atoms. The summed E-state index contributed by atoms with van der Waals surface area (Å²) in [5.41, 5.74) is 1.74. The average molecular weight is 381 g/mol. The van der Waals surface area contributed by atoms with E-state index in [1.807, 2.05) is 18.2 Å². The second kappa shape index (κ2) is 11.6. The molecule has 0 atom stereocenters. The van der Waals surface area contributed by atoms with Crippen molar-refractivity contribution in [2.24, 2.45) is 0 Å². The molecule has 5 nitrogen and oxygen atoms in total. The van der Waals surface area contributed by atoms with Gasteiger partial charge < -0.3 is 14.8 Å². The molecule has 0 aliphatic carbocycles. The van der Waals surface area contributed by atoms with Crippen molar-refractivity contribution in [1.82, 2.24) is 0 Å². The number of amides is 1. The Labute approximate surface area is 166 Å². The molecular weight excluding hydrogens is 354 g/mol. The summed E-state index contributed by atoms with van der Waals surface area (Å²) in [7, 11) is 1.60. The molecule has 0 aromatic heterocycles. The number of nitrogens with one attached hydrogen (secondary N) is 1. The maximum absolute atomic E-state index is 12.2. The molecule has 0 aliphatic rings. The van der Waals surface area contributed by atoms with Crippen molar-refractivity contribution in [2.45, 2.75) is 32.6 Å². The number of rotatable bonds is 11. The lowest BCUT2D eigenvalue weighted by molar-refractivity contribution is -0.111. The molecule has 0 spiro atoms. The van der Waals surface area contributed by atoms with E-state index in [0.717, 1.165) is 18.4 Å². The summed E-state index contributed by atoms with van der Waals surface area (Å²) in [4.78, 5) is 23.2. The number of hydrogen-bond acceptors (Lipinski definition) is 4. The van der Waals surface area contributed by atoms with Gasteiger partial charge in [-0.1, -0.05) is 44.4 Å². The van der Waals surface area contributed by atoms with E-state index in [2.05, 4.69) is 12.2 Å². The lowest BCUT2D eigenvalue weighted by Crippen LogP contribution is -2.09. The van der Waals surface area contributed by atoms with Crippen molar-refractivity contribution in [2.75, 3.05) is 19.0 Å².